The van der Waals surface area contributed by atoms with E-state index in [0.29, 0.717) is 18.7 Å². The highest BCUT2D eigenvalue weighted by Crippen LogP contribution is 2.17. The Bertz CT molecular complexity index is 1060. The van der Waals surface area contributed by atoms with Crippen LogP contribution in [0.5, 0.6) is 0 Å². The fourth-order valence-corrected chi connectivity index (χ4v) is 3.53. The van der Waals surface area contributed by atoms with Crippen molar-refractivity contribution in [1.29, 1.82) is 0 Å². The van der Waals surface area contributed by atoms with Crippen LogP contribution >= 0.6 is 11.3 Å². The van der Waals surface area contributed by atoms with Gasteiger partial charge in [0.05, 0.1) is 10.2 Å². The third-order valence-corrected chi connectivity index (χ3v) is 4.88. The van der Waals surface area contributed by atoms with Crippen LogP contribution in [0.15, 0.2) is 58.9 Å². The molecule has 7 nitrogen and oxygen atoms in total. The molecule has 0 aliphatic rings. The molecule has 0 spiro atoms. The van der Waals surface area contributed by atoms with Crippen molar-refractivity contribution in [1.82, 2.24) is 4.57 Å². The van der Waals surface area contributed by atoms with Crippen LogP contribution < -0.4 is 10.2 Å². The minimum Gasteiger partial charge on any atom is -0.477 e. The maximum absolute atomic E-state index is 12.1. The lowest BCUT2D eigenvalue weighted by atomic mass is 10.1. The molecule has 0 saturated heterocycles. The van der Waals surface area contributed by atoms with Gasteiger partial charge in [0.1, 0.15) is 5.57 Å². The number of carboxylic acids is 2. The summed E-state index contributed by atoms with van der Waals surface area (Å²) in [6.45, 7) is 1.04. The second-order valence-corrected chi connectivity index (χ2v) is 6.70. The first-order chi connectivity index (χ1) is 13.0. The summed E-state index contributed by atoms with van der Waals surface area (Å²) in [5.41, 5.74) is 1.47. The standard InChI is InChI=1S/C19H16N2O5S/c22-17(23)14(18(24)25)11-12-5-7-13(8-6-12)20-9-10-21-15-3-1-2-4-16(15)27-19(21)26/h1-8,11,20H,9-10H2,(H,22,23)(H,24,25). The zero-order valence-corrected chi connectivity index (χ0v) is 14.9. The zero-order valence-electron chi connectivity index (χ0n) is 14.1. The van der Waals surface area contributed by atoms with E-state index in [-0.39, 0.29) is 4.87 Å². The minimum atomic E-state index is -1.49. The molecule has 0 unspecified atom stereocenters. The first-order valence-corrected chi connectivity index (χ1v) is 8.88. The topological polar surface area (TPSA) is 109 Å². The van der Waals surface area contributed by atoms with Crippen LogP contribution in [0.25, 0.3) is 16.3 Å². The van der Waals surface area contributed by atoms with E-state index >= 15 is 0 Å². The van der Waals surface area contributed by atoms with E-state index in [1.165, 1.54) is 11.3 Å². The average molecular weight is 384 g/mol. The molecule has 0 radical (unpaired) electrons. The second kappa shape index (κ2) is 7.88. The smallest absolute Gasteiger partial charge is 0.343 e. The van der Waals surface area contributed by atoms with Gasteiger partial charge in [-0.2, -0.15) is 0 Å². The normalized spacial score (nSPS) is 10.5. The minimum absolute atomic E-state index is 0.00615. The van der Waals surface area contributed by atoms with Gasteiger partial charge in [-0.15, -0.1) is 0 Å². The van der Waals surface area contributed by atoms with E-state index in [1.54, 1.807) is 28.8 Å². The Morgan fingerprint density at radius 2 is 1.70 bits per heavy atom. The SMILES string of the molecule is O=C(O)C(=Cc1ccc(NCCn2c(=O)sc3ccccc32)cc1)C(=O)O. The predicted octanol–water partition coefficient (Wildman–Crippen LogP) is 2.73. The molecule has 0 atom stereocenters. The van der Waals surface area contributed by atoms with Crippen LogP contribution in [0.1, 0.15) is 5.56 Å². The first-order valence-electron chi connectivity index (χ1n) is 8.06. The molecule has 1 aromatic heterocycles. The van der Waals surface area contributed by atoms with Crippen LogP contribution in [0.3, 0.4) is 0 Å². The number of hydrogen-bond donors (Lipinski definition) is 3. The molecule has 27 heavy (non-hydrogen) atoms. The molecular weight excluding hydrogens is 368 g/mol. The van der Waals surface area contributed by atoms with Crippen molar-refractivity contribution in [3.63, 3.8) is 0 Å². The molecule has 1 heterocycles. The number of nitrogens with one attached hydrogen (secondary N) is 1. The highest BCUT2D eigenvalue weighted by molar-refractivity contribution is 7.16. The third-order valence-electron chi connectivity index (χ3n) is 3.92. The number of anilines is 1. The lowest BCUT2D eigenvalue weighted by Gasteiger charge is -2.08. The van der Waals surface area contributed by atoms with Crippen molar-refractivity contribution < 1.29 is 19.8 Å². The highest BCUT2D eigenvalue weighted by atomic mass is 32.1. The molecule has 138 valence electrons. The molecule has 3 rings (SSSR count). The highest BCUT2D eigenvalue weighted by Gasteiger charge is 2.15. The number of rotatable bonds is 7. The van der Waals surface area contributed by atoms with Gasteiger partial charge in [-0.25, -0.2) is 9.59 Å². The van der Waals surface area contributed by atoms with Crippen molar-refractivity contribution in [2.45, 2.75) is 6.54 Å². The molecule has 0 amide bonds. The molecule has 0 saturated carbocycles. The van der Waals surface area contributed by atoms with Gasteiger partial charge in [0, 0.05) is 18.8 Å². The van der Waals surface area contributed by atoms with Gasteiger partial charge in [-0.3, -0.25) is 9.36 Å². The molecule has 8 heteroatoms. The number of nitrogens with zero attached hydrogens (tertiary/aromatic N) is 1. The second-order valence-electron chi connectivity index (χ2n) is 5.70. The van der Waals surface area contributed by atoms with Gasteiger partial charge in [-0.05, 0) is 35.9 Å². The van der Waals surface area contributed by atoms with Crippen LogP contribution in [0, 0.1) is 0 Å². The Kier molecular flexibility index (Phi) is 5.37. The van der Waals surface area contributed by atoms with Gasteiger partial charge >= 0.3 is 16.8 Å². The Balaban J connectivity index is 1.66. The Hall–Kier alpha value is -3.39. The Morgan fingerprint density at radius 1 is 1.04 bits per heavy atom. The zero-order chi connectivity index (χ0) is 19.4. The van der Waals surface area contributed by atoms with Crippen molar-refractivity contribution in [3.8, 4) is 0 Å². The van der Waals surface area contributed by atoms with Crippen molar-refractivity contribution in [2.75, 3.05) is 11.9 Å². The van der Waals surface area contributed by atoms with Crippen molar-refractivity contribution in [3.05, 3.63) is 69.3 Å². The molecule has 3 aromatic rings. The molecule has 0 aliphatic carbocycles. The van der Waals surface area contributed by atoms with Crippen molar-refractivity contribution in [2.24, 2.45) is 0 Å². The van der Waals surface area contributed by atoms with Gasteiger partial charge in [0.25, 0.3) is 0 Å². The van der Waals surface area contributed by atoms with Crippen LogP contribution in [-0.2, 0) is 16.1 Å². The summed E-state index contributed by atoms with van der Waals surface area (Å²) in [6, 6.07) is 14.3. The van der Waals surface area contributed by atoms with E-state index in [1.807, 2.05) is 24.3 Å². The fraction of sp³-hybridized carbons (Fsp3) is 0.105. The number of carbonyl (C=O) groups is 2. The summed E-state index contributed by atoms with van der Waals surface area (Å²) in [7, 11) is 0. The lowest BCUT2D eigenvalue weighted by molar-refractivity contribution is -0.140. The number of hydrogen-bond acceptors (Lipinski definition) is 5. The molecule has 3 N–H and O–H groups in total. The van der Waals surface area contributed by atoms with Gasteiger partial charge in [0.15, 0.2) is 0 Å². The summed E-state index contributed by atoms with van der Waals surface area (Å²) >= 11 is 1.21. The summed E-state index contributed by atoms with van der Waals surface area (Å²) < 4.78 is 2.67. The van der Waals surface area contributed by atoms with E-state index < -0.39 is 17.5 Å². The maximum Gasteiger partial charge on any atom is 0.343 e. The van der Waals surface area contributed by atoms with E-state index in [2.05, 4.69) is 5.32 Å². The van der Waals surface area contributed by atoms with Crippen LogP contribution in [0.4, 0.5) is 5.69 Å². The Morgan fingerprint density at radius 3 is 2.37 bits per heavy atom. The number of carboxylic acid groups (broad SMARTS) is 2. The number of aromatic nitrogens is 1. The molecule has 2 aromatic carbocycles. The van der Waals surface area contributed by atoms with E-state index in [0.717, 1.165) is 22.0 Å². The third kappa shape index (κ3) is 4.24. The summed E-state index contributed by atoms with van der Waals surface area (Å²) in [5, 5.41) is 20.9. The number of aliphatic carboxylic acids is 2. The van der Waals surface area contributed by atoms with Gasteiger partial charge in [-0.1, -0.05) is 35.6 Å². The maximum atomic E-state index is 12.1. The predicted molar refractivity (Wildman–Crippen MR) is 104 cm³/mol. The van der Waals surface area contributed by atoms with Crippen LogP contribution in [-0.4, -0.2) is 33.3 Å². The molecule has 0 bridgehead atoms. The van der Waals surface area contributed by atoms with E-state index in [9.17, 15) is 14.4 Å². The van der Waals surface area contributed by atoms with Crippen LogP contribution in [0.2, 0.25) is 0 Å². The van der Waals surface area contributed by atoms with Gasteiger partial charge in [0.2, 0.25) is 0 Å². The fourth-order valence-electron chi connectivity index (χ4n) is 2.62. The first kappa shape index (κ1) is 18.4. The molecular formula is C19H16N2O5S. The molecule has 0 aliphatic heterocycles. The summed E-state index contributed by atoms with van der Waals surface area (Å²) in [5.74, 6) is -2.98. The summed E-state index contributed by atoms with van der Waals surface area (Å²) in [4.78, 5) is 33.9. The largest absolute Gasteiger partial charge is 0.477 e. The monoisotopic (exact) mass is 384 g/mol. The van der Waals surface area contributed by atoms with E-state index in [4.69, 9.17) is 10.2 Å². The average Bonchev–Trinajstić information content (AvgIpc) is 2.96. The number of benzene rings is 2. The lowest BCUT2D eigenvalue weighted by Crippen LogP contribution is -2.18. The number of thiazole rings is 1. The number of fused-ring (bicyclic) bond motifs is 1. The quantitative estimate of drug-likeness (QED) is 0.328. The molecule has 0 fully saturated rings. The number of para-hydroxylation sites is 1. The van der Waals surface area contributed by atoms with Gasteiger partial charge < -0.3 is 15.5 Å². The summed E-state index contributed by atoms with van der Waals surface area (Å²) in [6.07, 6.45) is 1.10. The van der Waals surface area contributed by atoms with Crippen molar-refractivity contribution >= 4 is 45.3 Å². The Labute approximate surface area is 157 Å².